The Bertz CT molecular complexity index is 364. The molecule has 2 rings (SSSR count). The van der Waals surface area contributed by atoms with Crippen molar-refractivity contribution in [3.05, 3.63) is 36.8 Å². The van der Waals surface area contributed by atoms with Crippen LogP contribution in [0, 0.1) is 6.07 Å². The van der Waals surface area contributed by atoms with E-state index in [0.717, 1.165) is 11.3 Å². The molecule has 12 heavy (non-hydrogen) atoms. The van der Waals surface area contributed by atoms with E-state index in [0.29, 0.717) is 0 Å². The van der Waals surface area contributed by atoms with Gasteiger partial charge in [0.25, 0.3) is 0 Å². The van der Waals surface area contributed by atoms with Crippen LogP contribution in [0.3, 0.4) is 0 Å². The molecule has 0 amide bonds. The molecule has 2 heterocycles. The van der Waals surface area contributed by atoms with Crippen LogP contribution in [-0.4, -0.2) is 14.8 Å². The number of aryl methyl sites for hydroxylation is 1. The Morgan fingerprint density at radius 2 is 2.08 bits per heavy atom. The van der Waals surface area contributed by atoms with Crippen molar-refractivity contribution < 1.29 is 0 Å². The summed E-state index contributed by atoms with van der Waals surface area (Å²) >= 11 is 0. The predicted octanol–water partition coefficient (Wildman–Crippen LogP) is 1.28. The van der Waals surface area contributed by atoms with Crippen LogP contribution < -0.4 is 0 Å². The van der Waals surface area contributed by atoms with Gasteiger partial charge in [-0.15, -0.1) is 0 Å². The fraction of sp³-hybridized carbons (Fsp3) is 0.111. The summed E-state index contributed by atoms with van der Waals surface area (Å²) < 4.78 is 1.73. The quantitative estimate of drug-likeness (QED) is 0.626. The maximum absolute atomic E-state index is 4.21. The average molecular weight is 158 g/mol. The third-order valence-electron chi connectivity index (χ3n) is 1.60. The summed E-state index contributed by atoms with van der Waals surface area (Å²) in [7, 11) is 1.88. The molecular weight excluding hydrogens is 150 g/mol. The largest absolute Gasteiger partial charge is 0.275 e. The minimum Gasteiger partial charge on any atom is -0.275 e. The summed E-state index contributed by atoms with van der Waals surface area (Å²) in [6.07, 6.45) is 5.30. The number of hydrogen-bond acceptors (Lipinski definition) is 2. The second-order valence-corrected chi connectivity index (χ2v) is 2.53. The zero-order valence-electron chi connectivity index (χ0n) is 6.73. The molecule has 0 atom stereocenters. The summed E-state index contributed by atoms with van der Waals surface area (Å²) in [5.41, 5.74) is 1.91. The average Bonchev–Trinajstić information content (AvgIpc) is 2.54. The van der Waals surface area contributed by atoms with E-state index in [1.807, 2.05) is 19.2 Å². The molecule has 0 saturated carbocycles. The first kappa shape index (κ1) is 7.03. The van der Waals surface area contributed by atoms with Crippen LogP contribution in [-0.2, 0) is 7.05 Å². The molecule has 0 aliphatic carbocycles. The number of rotatable bonds is 1. The minimum absolute atomic E-state index is 0.861. The molecule has 0 aliphatic rings. The van der Waals surface area contributed by atoms with Crippen molar-refractivity contribution in [2.24, 2.45) is 7.05 Å². The Kier molecular flexibility index (Phi) is 1.63. The summed E-state index contributed by atoms with van der Waals surface area (Å²) in [6.45, 7) is 0. The summed E-state index contributed by atoms with van der Waals surface area (Å²) in [4.78, 5) is 3.93. The van der Waals surface area contributed by atoms with Crippen LogP contribution in [0.15, 0.2) is 30.7 Å². The lowest BCUT2D eigenvalue weighted by Crippen LogP contribution is -1.87. The minimum atomic E-state index is 0.861. The van der Waals surface area contributed by atoms with Gasteiger partial charge in [-0.05, 0) is 12.1 Å². The highest BCUT2D eigenvalue weighted by atomic mass is 15.2. The van der Waals surface area contributed by atoms with E-state index in [-0.39, 0.29) is 0 Å². The number of aromatic nitrogens is 3. The van der Waals surface area contributed by atoms with Crippen LogP contribution in [0.2, 0.25) is 0 Å². The molecule has 0 fully saturated rings. The molecular formula is C9H8N3. The van der Waals surface area contributed by atoms with E-state index < -0.39 is 0 Å². The van der Waals surface area contributed by atoms with Gasteiger partial charge in [-0.1, -0.05) is 0 Å². The highest BCUT2D eigenvalue weighted by Gasteiger charge is 1.98. The van der Waals surface area contributed by atoms with Gasteiger partial charge in [-0.2, -0.15) is 5.10 Å². The summed E-state index contributed by atoms with van der Waals surface area (Å²) in [5, 5.41) is 4.21. The first-order valence-corrected chi connectivity index (χ1v) is 3.68. The highest BCUT2D eigenvalue weighted by molar-refractivity contribution is 5.56. The Balaban J connectivity index is 2.45. The number of pyridine rings is 1. The molecule has 2 aromatic heterocycles. The molecule has 0 spiro atoms. The molecule has 0 aromatic carbocycles. The third kappa shape index (κ3) is 1.21. The van der Waals surface area contributed by atoms with Crippen LogP contribution in [0.25, 0.3) is 11.3 Å². The van der Waals surface area contributed by atoms with E-state index in [1.54, 1.807) is 23.3 Å². The molecule has 59 valence electrons. The molecule has 3 nitrogen and oxygen atoms in total. The Morgan fingerprint density at radius 1 is 1.33 bits per heavy atom. The lowest BCUT2D eigenvalue weighted by Gasteiger charge is -1.92. The van der Waals surface area contributed by atoms with Crippen molar-refractivity contribution in [3.8, 4) is 11.3 Å². The van der Waals surface area contributed by atoms with Gasteiger partial charge in [0, 0.05) is 37.3 Å². The second-order valence-electron chi connectivity index (χ2n) is 2.53. The fourth-order valence-corrected chi connectivity index (χ4v) is 1.02. The SMILES string of the molecule is Cn1c[c]c(-c2ccncc2)n1. The van der Waals surface area contributed by atoms with Crippen molar-refractivity contribution in [1.29, 1.82) is 0 Å². The Labute approximate surface area is 70.7 Å². The van der Waals surface area contributed by atoms with Gasteiger partial charge in [0.15, 0.2) is 0 Å². The topological polar surface area (TPSA) is 30.7 Å². The van der Waals surface area contributed by atoms with Crippen LogP contribution in [0.4, 0.5) is 0 Å². The standard InChI is InChI=1S/C9H8N3/c1-12-7-4-9(11-12)8-2-5-10-6-3-8/h2-3,5-7H,1H3. The molecule has 0 saturated heterocycles. The number of nitrogens with zero attached hydrogens (tertiary/aromatic N) is 3. The molecule has 0 N–H and O–H groups in total. The molecule has 0 aliphatic heterocycles. The third-order valence-corrected chi connectivity index (χ3v) is 1.60. The fourth-order valence-electron chi connectivity index (χ4n) is 1.02. The molecule has 2 aromatic rings. The van der Waals surface area contributed by atoms with Gasteiger partial charge in [-0.3, -0.25) is 9.67 Å². The Morgan fingerprint density at radius 3 is 2.67 bits per heavy atom. The molecule has 3 heteroatoms. The second kappa shape index (κ2) is 2.77. The van der Waals surface area contributed by atoms with Gasteiger partial charge < -0.3 is 0 Å². The lowest BCUT2D eigenvalue weighted by atomic mass is 10.2. The molecule has 1 radical (unpaired) electrons. The van der Waals surface area contributed by atoms with Gasteiger partial charge in [0.2, 0.25) is 0 Å². The van der Waals surface area contributed by atoms with Gasteiger partial charge >= 0.3 is 0 Å². The van der Waals surface area contributed by atoms with Gasteiger partial charge in [-0.25, -0.2) is 0 Å². The Hall–Kier alpha value is -1.64. The first-order chi connectivity index (χ1) is 5.86. The van der Waals surface area contributed by atoms with Crippen molar-refractivity contribution in [3.63, 3.8) is 0 Å². The van der Waals surface area contributed by atoms with E-state index in [2.05, 4.69) is 16.1 Å². The normalized spacial score (nSPS) is 10.1. The van der Waals surface area contributed by atoms with E-state index in [9.17, 15) is 0 Å². The van der Waals surface area contributed by atoms with E-state index in [4.69, 9.17) is 0 Å². The first-order valence-electron chi connectivity index (χ1n) is 3.68. The molecule has 0 bridgehead atoms. The predicted molar refractivity (Wildman–Crippen MR) is 45.3 cm³/mol. The zero-order valence-corrected chi connectivity index (χ0v) is 6.73. The molecule has 0 unspecified atom stereocenters. The maximum atomic E-state index is 4.21. The van der Waals surface area contributed by atoms with Crippen LogP contribution >= 0.6 is 0 Å². The number of hydrogen-bond donors (Lipinski definition) is 0. The highest BCUT2D eigenvalue weighted by Crippen LogP contribution is 2.13. The summed E-state index contributed by atoms with van der Waals surface area (Å²) in [5.74, 6) is 0. The lowest BCUT2D eigenvalue weighted by molar-refractivity contribution is 0.771. The van der Waals surface area contributed by atoms with Crippen LogP contribution in [0.1, 0.15) is 0 Å². The van der Waals surface area contributed by atoms with Crippen LogP contribution in [0.5, 0.6) is 0 Å². The monoisotopic (exact) mass is 158 g/mol. The van der Waals surface area contributed by atoms with E-state index in [1.165, 1.54) is 0 Å². The van der Waals surface area contributed by atoms with Crippen molar-refractivity contribution >= 4 is 0 Å². The van der Waals surface area contributed by atoms with Crippen molar-refractivity contribution in [1.82, 2.24) is 14.8 Å². The maximum Gasteiger partial charge on any atom is 0.100 e. The van der Waals surface area contributed by atoms with Crippen molar-refractivity contribution in [2.45, 2.75) is 0 Å². The van der Waals surface area contributed by atoms with E-state index >= 15 is 0 Å². The zero-order chi connectivity index (χ0) is 8.39. The summed E-state index contributed by atoms with van der Waals surface area (Å²) in [6, 6.07) is 6.88. The van der Waals surface area contributed by atoms with Gasteiger partial charge in [0.1, 0.15) is 5.69 Å². The smallest absolute Gasteiger partial charge is 0.100 e. The van der Waals surface area contributed by atoms with Gasteiger partial charge in [0.05, 0.1) is 0 Å². The van der Waals surface area contributed by atoms with Crippen molar-refractivity contribution in [2.75, 3.05) is 0 Å².